The molecule has 96 valence electrons. The summed E-state index contributed by atoms with van der Waals surface area (Å²) in [5.41, 5.74) is 2.92. The molecule has 0 saturated carbocycles. The summed E-state index contributed by atoms with van der Waals surface area (Å²) in [7, 11) is 0. The molecule has 0 aliphatic heterocycles. The molecule has 0 radical (unpaired) electrons. The molecule has 0 aliphatic rings. The molecule has 1 aromatic rings. The highest BCUT2D eigenvalue weighted by atomic mass is 32.2. The second-order valence-corrected chi connectivity index (χ2v) is 7.50. The second kappa shape index (κ2) is 5.92. The van der Waals surface area contributed by atoms with Gasteiger partial charge in [0.25, 0.3) is 0 Å². The van der Waals surface area contributed by atoms with Crippen molar-refractivity contribution in [2.45, 2.75) is 63.8 Å². The van der Waals surface area contributed by atoms with E-state index >= 15 is 0 Å². The van der Waals surface area contributed by atoms with Crippen LogP contribution < -0.4 is 5.32 Å². The Labute approximate surface area is 110 Å². The van der Waals surface area contributed by atoms with Crippen molar-refractivity contribution in [1.29, 1.82) is 0 Å². The zero-order valence-corrected chi connectivity index (χ0v) is 12.7. The third-order valence-corrected chi connectivity index (χ3v) is 3.51. The van der Waals surface area contributed by atoms with E-state index in [0.717, 1.165) is 6.54 Å². The molecule has 17 heavy (non-hydrogen) atoms. The van der Waals surface area contributed by atoms with Crippen LogP contribution in [0.1, 0.15) is 45.7 Å². The number of benzene rings is 1. The van der Waals surface area contributed by atoms with Crippen LogP contribution >= 0.6 is 11.8 Å². The normalized spacial score (nSPS) is 12.2. The van der Waals surface area contributed by atoms with Gasteiger partial charge in [0.05, 0.1) is 0 Å². The van der Waals surface area contributed by atoms with E-state index in [4.69, 9.17) is 0 Å². The monoisotopic (exact) mass is 251 g/mol. The molecule has 0 fully saturated rings. The van der Waals surface area contributed by atoms with E-state index in [1.54, 1.807) is 0 Å². The van der Waals surface area contributed by atoms with Crippen molar-refractivity contribution in [1.82, 2.24) is 5.32 Å². The minimum Gasteiger partial charge on any atom is -0.308 e. The van der Waals surface area contributed by atoms with Gasteiger partial charge < -0.3 is 5.32 Å². The molecular formula is C15H25NS. The topological polar surface area (TPSA) is 12.0 Å². The van der Waals surface area contributed by atoms with Crippen molar-refractivity contribution in [3.8, 4) is 0 Å². The standard InChI is InChI=1S/C15H25NS/c1-11(2)17-14-8-7-12(3)9-13(14)10-16-15(4,5)6/h7-9,11,16H,10H2,1-6H3. The summed E-state index contributed by atoms with van der Waals surface area (Å²) in [5.74, 6) is 0. The zero-order chi connectivity index (χ0) is 13.1. The molecule has 0 spiro atoms. The minimum absolute atomic E-state index is 0.170. The molecule has 0 aromatic heterocycles. The fraction of sp³-hybridized carbons (Fsp3) is 0.600. The summed E-state index contributed by atoms with van der Waals surface area (Å²) in [4.78, 5) is 1.40. The van der Waals surface area contributed by atoms with Crippen LogP contribution in [0.5, 0.6) is 0 Å². The lowest BCUT2D eigenvalue weighted by Gasteiger charge is -2.22. The van der Waals surface area contributed by atoms with Crippen molar-refractivity contribution < 1.29 is 0 Å². The molecule has 0 atom stereocenters. The summed E-state index contributed by atoms with van der Waals surface area (Å²) in [6, 6.07) is 6.74. The Balaban J connectivity index is 2.83. The molecule has 0 amide bonds. The first kappa shape index (κ1) is 14.6. The summed E-state index contributed by atoms with van der Waals surface area (Å²) >= 11 is 1.94. The van der Waals surface area contributed by atoms with Gasteiger partial charge in [-0.2, -0.15) is 0 Å². The van der Waals surface area contributed by atoms with E-state index in [1.165, 1.54) is 16.0 Å². The van der Waals surface area contributed by atoms with Crippen molar-refractivity contribution in [2.75, 3.05) is 0 Å². The van der Waals surface area contributed by atoms with Crippen LogP contribution in [0.15, 0.2) is 23.1 Å². The van der Waals surface area contributed by atoms with Crippen molar-refractivity contribution in [3.63, 3.8) is 0 Å². The molecule has 1 nitrogen and oxygen atoms in total. The maximum absolute atomic E-state index is 3.57. The van der Waals surface area contributed by atoms with Gasteiger partial charge in [-0.15, -0.1) is 11.8 Å². The Hall–Kier alpha value is -0.470. The molecule has 1 aromatic carbocycles. The lowest BCUT2D eigenvalue weighted by Crippen LogP contribution is -2.35. The Morgan fingerprint density at radius 3 is 2.41 bits per heavy atom. The first-order valence-electron chi connectivity index (χ1n) is 6.29. The quantitative estimate of drug-likeness (QED) is 0.797. The Kier molecular flexibility index (Phi) is 5.08. The third-order valence-electron chi connectivity index (χ3n) is 2.39. The predicted molar refractivity (Wildman–Crippen MR) is 78.8 cm³/mol. The molecule has 1 rings (SSSR count). The molecule has 1 N–H and O–H groups in total. The number of hydrogen-bond acceptors (Lipinski definition) is 2. The highest BCUT2D eigenvalue weighted by Gasteiger charge is 2.11. The van der Waals surface area contributed by atoms with Crippen LogP contribution in [0, 0.1) is 6.92 Å². The Morgan fingerprint density at radius 1 is 1.24 bits per heavy atom. The largest absolute Gasteiger partial charge is 0.308 e. The minimum atomic E-state index is 0.170. The van der Waals surface area contributed by atoms with Gasteiger partial charge in [0.1, 0.15) is 0 Å². The number of rotatable bonds is 4. The Morgan fingerprint density at radius 2 is 1.88 bits per heavy atom. The van der Waals surface area contributed by atoms with Crippen LogP contribution in [0.2, 0.25) is 0 Å². The summed E-state index contributed by atoms with van der Waals surface area (Å²) in [6.07, 6.45) is 0. The van der Waals surface area contributed by atoms with Gasteiger partial charge >= 0.3 is 0 Å². The fourth-order valence-corrected chi connectivity index (χ4v) is 2.51. The third kappa shape index (κ3) is 5.60. The smallest absolute Gasteiger partial charge is 0.0221 e. The highest BCUT2D eigenvalue weighted by molar-refractivity contribution is 8.00. The Bertz CT molecular complexity index is 364. The van der Waals surface area contributed by atoms with Gasteiger partial charge in [0, 0.05) is 22.2 Å². The maximum Gasteiger partial charge on any atom is 0.0221 e. The predicted octanol–water partition coefficient (Wildman–Crippen LogP) is 4.38. The van der Waals surface area contributed by atoms with Crippen LogP contribution in [0.3, 0.4) is 0 Å². The zero-order valence-electron chi connectivity index (χ0n) is 11.9. The van der Waals surface area contributed by atoms with Gasteiger partial charge in [0.15, 0.2) is 0 Å². The number of hydrogen-bond donors (Lipinski definition) is 1. The second-order valence-electron chi connectivity index (χ2n) is 5.88. The van der Waals surface area contributed by atoms with Crippen LogP contribution in [-0.2, 0) is 6.54 Å². The fourth-order valence-electron chi connectivity index (χ4n) is 1.58. The van der Waals surface area contributed by atoms with E-state index in [1.807, 2.05) is 11.8 Å². The van der Waals surface area contributed by atoms with Gasteiger partial charge in [-0.05, 0) is 39.3 Å². The molecule has 0 bridgehead atoms. The number of thioether (sulfide) groups is 1. The first-order valence-corrected chi connectivity index (χ1v) is 7.17. The first-order chi connectivity index (χ1) is 7.78. The van der Waals surface area contributed by atoms with Gasteiger partial charge in [0.2, 0.25) is 0 Å². The van der Waals surface area contributed by atoms with Gasteiger partial charge in [-0.25, -0.2) is 0 Å². The maximum atomic E-state index is 3.57. The van der Waals surface area contributed by atoms with Crippen LogP contribution in [0.25, 0.3) is 0 Å². The molecule has 2 heteroatoms. The van der Waals surface area contributed by atoms with E-state index in [9.17, 15) is 0 Å². The SMILES string of the molecule is Cc1ccc(SC(C)C)c(CNC(C)(C)C)c1. The van der Waals surface area contributed by atoms with Crippen molar-refractivity contribution >= 4 is 11.8 Å². The van der Waals surface area contributed by atoms with Gasteiger partial charge in [-0.1, -0.05) is 31.5 Å². The lowest BCUT2D eigenvalue weighted by atomic mass is 10.1. The molecule has 0 saturated heterocycles. The average Bonchev–Trinajstić information content (AvgIpc) is 2.16. The molecule has 0 aliphatic carbocycles. The van der Waals surface area contributed by atoms with Crippen LogP contribution in [-0.4, -0.2) is 10.8 Å². The van der Waals surface area contributed by atoms with Crippen LogP contribution in [0.4, 0.5) is 0 Å². The molecular weight excluding hydrogens is 226 g/mol. The van der Waals surface area contributed by atoms with E-state index in [-0.39, 0.29) is 5.54 Å². The highest BCUT2D eigenvalue weighted by Crippen LogP contribution is 2.27. The number of aryl methyl sites for hydroxylation is 1. The van der Waals surface area contributed by atoms with Crippen molar-refractivity contribution in [3.05, 3.63) is 29.3 Å². The molecule has 0 heterocycles. The van der Waals surface area contributed by atoms with E-state index in [0.29, 0.717) is 5.25 Å². The number of nitrogens with one attached hydrogen (secondary N) is 1. The molecule has 0 unspecified atom stereocenters. The van der Waals surface area contributed by atoms with Crippen molar-refractivity contribution in [2.24, 2.45) is 0 Å². The summed E-state index contributed by atoms with van der Waals surface area (Å²) < 4.78 is 0. The summed E-state index contributed by atoms with van der Waals surface area (Å²) in [5, 5.41) is 4.20. The average molecular weight is 251 g/mol. The van der Waals surface area contributed by atoms with E-state index < -0.39 is 0 Å². The van der Waals surface area contributed by atoms with Gasteiger partial charge in [-0.3, -0.25) is 0 Å². The lowest BCUT2D eigenvalue weighted by molar-refractivity contribution is 0.422. The van der Waals surface area contributed by atoms with E-state index in [2.05, 4.69) is 65.1 Å². The summed E-state index contributed by atoms with van der Waals surface area (Å²) in [6.45, 7) is 14.2.